The van der Waals surface area contributed by atoms with E-state index in [9.17, 15) is 14.4 Å². The average Bonchev–Trinajstić information content (AvgIpc) is 3.09. The molecule has 0 spiro atoms. The van der Waals surface area contributed by atoms with Crippen molar-refractivity contribution >= 4 is 17.7 Å². The van der Waals surface area contributed by atoms with E-state index >= 15 is 0 Å². The summed E-state index contributed by atoms with van der Waals surface area (Å²) in [4.78, 5) is 48.2. The van der Waals surface area contributed by atoms with Gasteiger partial charge in [0.15, 0.2) is 0 Å². The molecule has 9 nitrogen and oxygen atoms in total. The zero-order valence-electron chi connectivity index (χ0n) is 32.9. The monoisotopic (exact) mass is 691 g/mol. The molecule has 2 fully saturated rings. The van der Waals surface area contributed by atoms with Crippen molar-refractivity contribution in [1.29, 1.82) is 0 Å². The summed E-state index contributed by atoms with van der Waals surface area (Å²) in [5.74, 6) is 2.14. The lowest BCUT2D eigenvalue weighted by Gasteiger charge is -2.42. The minimum atomic E-state index is -0.515. The molecule has 0 bridgehead atoms. The van der Waals surface area contributed by atoms with Crippen LogP contribution in [0.1, 0.15) is 120 Å². The zero-order valence-corrected chi connectivity index (χ0v) is 32.9. The van der Waals surface area contributed by atoms with Gasteiger partial charge in [0.2, 0.25) is 11.8 Å². The largest absolute Gasteiger partial charge is 0.354 e. The Hall–Kier alpha value is -3.30. The van der Waals surface area contributed by atoms with Crippen LogP contribution in [0.2, 0.25) is 0 Å². The molecule has 0 radical (unpaired) electrons. The maximum atomic E-state index is 12.6. The van der Waals surface area contributed by atoms with Crippen molar-refractivity contribution in [3.05, 3.63) is 65.0 Å². The molecule has 0 unspecified atom stereocenters. The van der Waals surface area contributed by atoms with Gasteiger partial charge in [-0.1, -0.05) is 45.9 Å². The number of pyridine rings is 1. The molecule has 4 rings (SSSR count). The third-order valence-corrected chi connectivity index (χ3v) is 10.6. The number of hydrogen-bond donors (Lipinski definition) is 2. The Morgan fingerprint density at radius 1 is 0.760 bits per heavy atom. The van der Waals surface area contributed by atoms with Crippen LogP contribution in [0.5, 0.6) is 0 Å². The maximum Gasteiger partial charge on any atom is 0.253 e. The number of nitrogens with one attached hydrogen (secondary N) is 2. The molecule has 0 aliphatic carbocycles. The number of benzene rings is 1. The van der Waals surface area contributed by atoms with Gasteiger partial charge in [-0.15, -0.1) is 0 Å². The topological polar surface area (TPSA) is 97.9 Å². The molecule has 0 atom stereocenters. The Morgan fingerprint density at radius 3 is 1.62 bits per heavy atom. The van der Waals surface area contributed by atoms with Gasteiger partial charge in [-0.2, -0.15) is 0 Å². The number of piperidine rings is 2. The minimum Gasteiger partial charge on any atom is -0.354 e. The summed E-state index contributed by atoms with van der Waals surface area (Å²) in [6, 6.07) is 10.0. The maximum absolute atomic E-state index is 12.6. The first-order valence-electron chi connectivity index (χ1n) is 18.7. The van der Waals surface area contributed by atoms with Gasteiger partial charge in [-0.05, 0) is 139 Å². The molecular formula is C41H66N6O3. The van der Waals surface area contributed by atoms with Gasteiger partial charge in [-0.25, -0.2) is 0 Å². The van der Waals surface area contributed by atoms with Crippen LogP contribution in [0, 0.1) is 18.8 Å². The van der Waals surface area contributed by atoms with Crippen molar-refractivity contribution in [2.45, 2.75) is 111 Å². The molecule has 1 aromatic carbocycles. The van der Waals surface area contributed by atoms with Gasteiger partial charge < -0.3 is 15.5 Å². The highest BCUT2D eigenvalue weighted by molar-refractivity contribution is 5.95. The second-order valence-corrected chi connectivity index (χ2v) is 16.4. The lowest BCUT2D eigenvalue weighted by molar-refractivity contribution is -0.133. The van der Waals surface area contributed by atoms with Gasteiger partial charge in [0.25, 0.3) is 5.91 Å². The van der Waals surface area contributed by atoms with E-state index < -0.39 is 11.1 Å². The third kappa shape index (κ3) is 10.8. The summed E-state index contributed by atoms with van der Waals surface area (Å²) in [5, 5.41) is 6.15. The summed E-state index contributed by atoms with van der Waals surface area (Å²) in [7, 11) is 3.58. The molecule has 3 heterocycles. The highest BCUT2D eigenvalue weighted by Gasteiger charge is 2.38. The number of aryl methyl sites for hydroxylation is 1. The van der Waals surface area contributed by atoms with E-state index in [4.69, 9.17) is 0 Å². The van der Waals surface area contributed by atoms with Crippen LogP contribution < -0.4 is 10.6 Å². The minimum absolute atomic E-state index is 0.0569. The average molecular weight is 691 g/mol. The molecule has 50 heavy (non-hydrogen) atoms. The van der Waals surface area contributed by atoms with Crippen molar-refractivity contribution < 1.29 is 14.4 Å². The molecule has 9 heteroatoms. The Balaban J connectivity index is 0.000000274. The predicted octanol–water partition coefficient (Wildman–Crippen LogP) is 6.24. The SMILES string of the molecule is CC(C)CNC(=O)C(C)(C)N1CCC(c2ccccc2C(=O)N(C)C)CC1.Cc1ccncc1C1CCN(C(C)(C)C(=O)NCC(C)C)CC1. The van der Waals surface area contributed by atoms with Crippen LogP contribution in [0.3, 0.4) is 0 Å². The summed E-state index contributed by atoms with van der Waals surface area (Å²) < 4.78 is 0. The van der Waals surface area contributed by atoms with Crippen LogP contribution in [0.4, 0.5) is 0 Å². The summed E-state index contributed by atoms with van der Waals surface area (Å²) in [6.07, 6.45) is 7.96. The van der Waals surface area contributed by atoms with E-state index in [0.717, 1.165) is 69.5 Å². The van der Waals surface area contributed by atoms with Gasteiger partial charge in [-0.3, -0.25) is 29.2 Å². The first-order chi connectivity index (χ1) is 23.5. The molecule has 3 amide bonds. The fraction of sp³-hybridized carbons (Fsp3) is 0.659. The second-order valence-electron chi connectivity index (χ2n) is 16.4. The zero-order chi connectivity index (χ0) is 37.2. The number of aromatic nitrogens is 1. The summed E-state index contributed by atoms with van der Waals surface area (Å²) in [5.41, 5.74) is 3.68. The van der Waals surface area contributed by atoms with E-state index in [2.05, 4.69) is 72.2 Å². The number of hydrogen-bond acceptors (Lipinski definition) is 6. The molecular weight excluding hydrogens is 624 g/mol. The molecule has 0 saturated carbocycles. The van der Waals surface area contributed by atoms with Gasteiger partial charge in [0.05, 0.1) is 11.1 Å². The highest BCUT2D eigenvalue weighted by atomic mass is 16.2. The van der Waals surface area contributed by atoms with E-state index in [1.165, 1.54) is 11.1 Å². The fourth-order valence-electron chi connectivity index (χ4n) is 7.00. The first kappa shape index (κ1) is 41.1. The first-order valence-corrected chi connectivity index (χ1v) is 18.7. The highest BCUT2D eigenvalue weighted by Crippen LogP contribution is 2.34. The van der Waals surface area contributed by atoms with Gasteiger partial charge in [0, 0.05) is 45.1 Å². The molecule has 1 aromatic heterocycles. The molecule has 2 aliphatic rings. The lowest BCUT2D eigenvalue weighted by atomic mass is 9.84. The van der Waals surface area contributed by atoms with E-state index in [1.807, 2.05) is 58.3 Å². The molecule has 2 saturated heterocycles. The predicted molar refractivity (Wildman–Crippen MR) is 204 cm³/mol. The van der Waals surface area contributed by atoms with Crippen molar-refractivity contribution in [1.82, 2.24) is 30.3 Å². The number of rotatable bonds is 11. The van der Waals surface area contributed by atoms with Crippen molar-refractivity contribution in [2.24, 2.45) is 11.8 Å². The smallest absolute Gasteiger partial charge is 0.253 e. The number of carbonyl (C=O) groups excluding carboxylic acids is 3. The standard InChI is InChI=1S/C22H35N3O2.C19H31N3O/c1-16(2)15-23-21(27)22(3,4)25-13-11-17(12-14-25)18-9-7-8-10-19(18)20(26)24(5)6;1-14(2)12-21-18(23)19(4,5)22-10-7-16(8-11-22)17-13-20-9-6-15(17)3/h7-10,16-17H,11-15H2,1-6H3,(H,23,27);6,9,13-14,16H,7-8,10-12H2,1-5H3,(H,21,23). The summed E-state index contributed by atoms with van der Waals surface area (Å²) >= 11 is 0. The third-order valence-electron chi connectivity index (χ3n) is 10.6. The number of likely N-dealkylation sites (tertiary alicyclic amines) is 2. The second kappa shape index (κ2) is 18.3. The molecule has 2 aliphatic heterocycles. The summed E-state index contributed by atoms with van der Waals surface area (Å²) in [6.45, 7) is 23.8. The number of amides is 3. The lowest BCUT2D eigenvalue weighted by Crippen LogP contribution is -2.57. The van der Waals surface area contributed by atoms with Crippen LogP contribution in [-0.4, -0.2) is 102 Å². The van der Waals surface area contributed by atoms with Crippen LogP contribution in [-0.2, 0) is 9.59 Å². The van der Waals surface area contributed by atoms with E-state index in [-0.39, 0.29) is 17.7 Å². The molecule has 2 aromatic rings. The van der Waals surface area contributed by atoms with Crippen LogP contribution >= 0.6 is 0 Å². The number of carbonyl (C=O) groups is 3. The van der Waals surface area contributed by atoms with Crippen molar-refractivity contribution in [3.8, 4) is 0 Å². The van der Waals surface area contributed by atoms with Crippen LogP contribution in [0.25, 0.3) is 0 Å². The van der Waals surface area contributed by atoms with Gasteiger partial charge in [0.1, 0.15) is 0 Å². The quantitative estimate of drug-likeness (QED) is 0.290. The molecule has 2 N–H and O–H groups in total. The van der Waals surface area contributed by atoms with E-state index in [1.54, 1.807) is 19.0 Å². The van der Waals surface area contributed by atoms with Crippen molar-refractivity contribution in [2.75, 3.05) is 53.4 Å². The molecule has 278 valence electrons. The Morgan fingerprint density at radius 2 is 1.20 bits per heavy atom. The van der Waals surface area contributed by atoms with Gasteiger partial charge >= 0.3 is 0 Å². The Labute approximate surface area is 303 Å². The Kier molecular flexibility index (Phi) is 15.0. The Bertz CT molecular complexity index is 1400. The number of nitrogens with zero attached hydrogens (tertiary/aromatic N) is 4. The fourth-order valence-corrected chi connectivity index (χ4v) is 7.00. The van der Waals surface area contributed by atoms with Crippen molar-refractivity contribution in [3.63, 3.8) is 0 Å². The van der Waals surface area contributed by atoms with Crippen LogP contribution in [0.15, 0.2) is 42.7 Å². The normalized spacial score (nSPS) is 16.9. The van der Waals surface area contributed by atoms with E-state index in [0.29, 0.717) is 30.2 Å².